The van der Waals surface area contributed by atoms with E-state index in [0.29, 0.717) is 6.07 Å². The van der Waals surface area contributed by atoms with Gasteiger partial charge in [-0.05, 0) is 0 Å². The molecule has 0 spiro atoms. The molecule has 0 amide bonds. The minimum Gasteiger partial charge on any atom is -0.477 e. The number of nitrogens with one attached hydrogen (secondary N) is 1. The molecular weight excluding hydrogens is 311 g/mol. The first-order valence-electron chi connectivity index (χ1n) is 4.06. The van der Waals surface area contributed by atoms with E-state index in [1.54, 1.807) is 0 Å². The number of halogens is 4. The van der Waals surface area contributed by atoms with Crippen LogP contribution in [0, 0.1) is 0 Å². The highest BCUT2D eigenvalue weighted by atomic mass is 79.9. The minimum atomic E-state index is -5.01. The van der Waals surface area contributed by atoms with Crippen LogP contribution in [0.15, 0.2) is 10.9 Å². The first-order chi connectivity index (χ1) is 7.74. The molecule has 1 rings (SSSR count). The Morgan fingerprint density at radius 3 is 2.53 bits per heavy atom. The van der Waals surface area contributed by atoms with Crippen LogP contribution in [0.3, 0.4) is 0 Å². The lowest BCUT2D eigenvalue weighted by Gasteiger charge is -2.10. The van der Waals surface area contributed by atoms with Gasteiger partial charge in [0, 0.05) is 17.0 Å². The van der Waals surface area contributed by atoms with E-state index in [2.05, 4.69) is 20.7 Å². The maximum atomic E-state index is 11.9. The molecule has 1 aromatic rings. The summed E-state index contributed by atoms with van der Waals surface area (Å²) < 4.78 is 39.1. The fraction of sp³-hybridized carbons (Fsp3) is 0.250. The van der Waals surface area contributed by atoms with E-state index in [9.17, 15) is 22.8 Å². The maximum Gasteiger partial charge on any atom is 0.574 e. The van der Waals surface area contributed by atoms with Gasteiger partial charge in [0.2, 0.25) is 5.88 Å². The molecule has 2 N–H and O–H groups in total. The number of alkyl halides is 4. The first-order valence-corrected chi connectivity index (χ1v) is 5.18. The van der Waals surface area contributed by atoms with Crippen molar-refractivity contribution >= 4 is 21.9 Å². The largest absolute Gasteiger partial charge is 0.574 e. The van der Waals surface area contributed by atoms with Crippen molar-refractivity contribution in [3.63, 3.8) is 0 Å². The second-order valence-corrected chi connectivity index (χ2v) is 3.40. The predicted molar refractivity (Wildman–Crippen MR) is 53.3 cm³/mol. The smallest absolute Gasteiger partial charge is 0.477 e. The van der Waals surface area contributed by atoms with Gasteiger partial charge < -0.3 is 14.8 Å². The van der Waals surface area contributed by atoms with Gasteiger partial charge in [-0.3, -0.25) is 4.79 Å². The van der Waals surface area contributed by atoms with Crippen LogP contribution in [-0.2, 0) is 5.33 Å². The van der Waals surface area contributed by atoms with Crippen LogP contribution in [0.2, 0.25) is 0 Å². The normalized spacial score (nSPS) is 11.3. The summed E-state index contributed by atoms with van der Waals surface area (Å²) in [5.41, 5.74) is -1.70. The highest BCUT2D eigenvalue weighted by Crippen LogP contribution is 2.21. The third kappa shape index (κ3) is 3.48. The Morgan fingerprint density at radius 1 is 1.53 bits per heavy atom. The molecule has 0 bridgehead atoms. The summed E-state index contributed by atoms with van der Waals surface area (Å²) in [4.78, 5) is 23.9. The lowest BCUT2D eigenvalue weighted by molar-refractivity contribution is -0.276. The monoisotopic (exact) mass is 315 g/mol. The van der Waals surface area contributed by atoms with Crippen molar-refractivity contribution < 1.29 is 27.8 Å². The Kier molecular flexibility index (Phi) is 3.81. The third-order valence-corrected chi connectivity index (χ3v) is 2.24. The van der Waals surface area contributed by atoms with E-state index < -0.39 is 29.3 Å². The van der Waals surface area contributed by atoms with Crippen LogP contribution in [-0.4, -0.2) is 22.4 Å². The van der Waals surface area contributed by atoms with Crippen LogP contribution in [0.1, 0.15) is 16.1 Å². The number of carboxylic acid groups (broad SMARTS) is 1. The maximum absolute atomic E-state index is 11.9. The summed E-state index contributed by atoms with van der Waals surface area (Å²) in [5, 5.41) is 8.62. The number of H-pyrrole nitrogens is 1. The number of ether oxygens (including phenoxy) is 1. The minimum absolute atomic E-state index is 0.101. The number of carbonyl (C=O) groups is 1. The van der Waals surface area contributed by atoms with Crippen molar-refractivity contribution in [1.82, 2.24) is 4.98 Å². The van der Waals surface area contributed by atoms with Gasteiger partial charge >= 0.3 is 12.3 Å². The zero-order valence-corrected chi connectivity index (χ0v) is 9.55. The molecular formula is C8H5BrF3NO4. The first kappa shape index (κ1) is 13.6. The summed E-state index contributed by atoms with van der Waals surface area (Å²) in [6.45, 7) is 0. The molecule has 0 saturated heterocycles. The van der Waals surface area contributed by atoms with Gasteiger partial charge in [-0.15, -0.1) is 13.2 Å². The lowest BCUT2D eigenvalue weighted by atomic mass is 10.2. The Bertz CT molecular complexity index is 497. The van der Waals surface area contributed by atoms with Crippen molar-refractivity contribution in [2.75, 3.05) is 0 Å². The van der Waals surface area contributed by atoms with E-state index >= 15 is 0 Å². The van der Waals surface area contributed by atoms with Crippen molar-refractivity contribution in [3.8, 4) is 5.88 Å². The van der Waals surface area contributed by atoms with Crippen molar-refractivity contribution in [2.45, 2.75) is 11.7 Å². The molecule has 94 valence electrons. The SMILES string of the molecule is O=C(O)c1[nH]c(OC(F)(F)F)cc(=O)c1CBr. The number of rotatable bonds is 3. The van der Waals surface area contributed by atoms with Gasteiger partial charge in [0.05, 0.1) is 0 Å². The number of hydrogen-bond donors (Lipinski definition) is 2. The molecule has 0 aliphatic carbocycles. The molecule has 17 heavy (non-hydrogen) atoms. The summed E-state index contributed by atoms with van der Waals surface area (Å²) in [6, 6.07) is 0.538. The van der Waals surface area contributed by atoms with E-state index in [1.807, 2.05) is 4.98 Å². The zero-order chi connectivity index (χ0) is 13.2. The molecule has 5 nitrogen and oxygen atoms in total. The molecule has 9 heteroatoms. The Hall–Kier alpha value is -1.51. The number of pyridine rings is 1. The summed E-state index contributed by atoms with van der Waals surface area (Å²) in [7, 11) is 0. The van der Waals surface area contributed by atoms with Gasteiger partial charge in [0.25, 0.3) is 0 Å². The number of hydrogen-bond acceptors (Lipinski definition) is 3. The van der Waals surface area contributed by atoms with Gasteiger partial charge in [-0.25, -0.2) is 4.79 Å². The molecule has 0 saturated carbocycles. The van der Waals surface area contributed by atoms with Gasteiger partial charge in [0.15, 0.2) is 5.43 Å². The fourth-order valence-corrected chi connectivity index (χ4v) is 1.62. The Morgan fingerprint density at radius 2 is 2.12 bits per heavy atom. The summed E-state index contributed by atoms with van der Waals surface area (Å²) in [6.07, 6.45) is -5.01. The van der Waals surface area contributed by atoms with Crippen LogP contribution < -0.4 is 10.2 Å². The molecule has 0 atom stereocenters. The molecule has 0 aliphatic rings. The van der Waals surface area contributed by atoms with Crippen molar-refractivity contribution in [1.29, 1.82) is 0 Å². The lowest BCUT2D eigenvalue weighted by Crippen LogP contribution is -2.22. The fourth-order valence-electron chi connectivity index (χ4n) is 1.06. The number of aromatic nitrogens is 1. The van der Waals surface area contributed by atoms with Crippen LogP contribution in [0.5, 0.6) is 5.88 Å². The highest BCUT2D eigenvalue weighted by Gasteiger charge is 2.32. The average Bonchev–Trinajstić information content (AvgIpc) is 2.13. The second-order valence-electron chi connectivity index (χ2n) is 2.84. The van der Waals surface area contributed by atoms with Crippen LogP contribution in [0.25, 0.3) is 0 Å². The number of carboxylic acids is 1. The summed E-state index contributed by atoms with van der Waals surface area (Å²) in [5.74, 6) is -2.52. The topological polar surface area (TPSA) is 79.4 Å². The molecule has 0 fully saturated rings. The van der Waals surface area contributed by atoms with Crippen molar-refractivity contribution in [2.24, 2.45) is 0 Å². The number of aromatic carboxylic acids is 1. The van der Waals surface area contributed by atoms with Gasteiger partial charge in [0.1, 0.15) is 5.69 Å². The number of aromatic amines is 1. The molecule has 1 aromatic heterocycles. The van der Waals surface area contributed by atoms with E-state index in [-0.39, 0.29) is 10.9 Å². The van der Waals surface area contributed by atoms with E-state index in [4.69, 9.17) is 5.11 Å². The highest BCUT2D eigenvalue weighted by molar-refractivity contribution is 9.08. The second kappa shape index (κ2) is 4.78. The quantitative estimate of drug-likeness (QED) is 0.834. The van der Waals surface area contributed by atoms with Gasteiger partial charge in [-0.2, -0.15) is 0 Å². The van der Waals surface area contributed by atoms with Crippen molar-refractivity contribution in [3.05, 3.63) is 27.5 Å². The molecule has 1 heterocycles. The summed E-state index contributed by atoms with van der Waals surface area (Å²) >= 11 is 2.87. The zero-order valence-electron chi connectivity index (χ0n) is 7.97. The molecule has 0 aliphatic heterocycles. The van der Waals surface area contributed by atoms with Gasteiger partial charge in [-0.1, -0.05) is 15.9 Å². The van der Waals surface area contributed by atoms with E-state index in [0.717, 1.165) is 0 Å². The Balaban J connectivity index is 3.30. The molecule has 0 radical (unpaired) electrons. The molecule has 0 aromatic carbocycles. The molecule has 0 unspecified atom stereocenters. The van der Waals surface area contributed by atoms with Crippen LogP contribution in [0.4, 0.5) is 13.2 Å². The third-order valence-electron chi connectivity index (χ3n) is 1.68. The van der Waals surface area contributed by atoms with Crippen LogP contribution >= 0.6 is 15.9 Å². The standard InChI is InChI=1S/C8H5BrF3NO4/c9-2-3-4(14)1-5(17-8(10,11)12)13-6(3)7(15)16/h1H,2H2,(H,13,14)(H,15,16). The Labute approximate surface area is 100 Å². The van der Waals surface area contributed by atoms with E-state index in [1.165, 1.54) is 0 Å². The predicted octanol–water partition coefficient (Wildman–Crippen LogP) is 1.87. The average molecular weight is 316 g/mol.